The fraction of sp³-hybridized carbons (Fsp3) is 0.722. The first kappa shape index (κ1) is 62.9. The van der Waals surface area contributed by atoms with E-state index in [-0.39, 0.29) is 12.8 Å². The minimum Gasteiger partial charge on any atom is -0.480 e. The van der Waals surface area contributed by atoms with Crippen LogP contribution in [0.15, 0.2) is 72.9 Å². The fourth-order valence-corrected chi connectivity index (χ4v) is 7.69. The van der Waals surface area contributed by atoms with Gasteiger partial charge in [0, 0.05) is 12.8 Å². The van der Waals surface area contributed by atoms with Gasteiger partial charge < -0.3 is 25.2 Å². The highest BCUT2D eigenvalue weighted by Gasteiger charge is 2.28. The molecule has 3 atom stereocenters. The molecule has 380 valence electrons. The summed E-state index contributed by atoms with van der Waals surface area (Å²) < 4.78 is 27.0. The van der Waals surface area contributed by atoms with E-state index in [1.165, 1.54) is 89.9 Å². The van der Waals surface area contributed by atoms with Gasteiger partial charge in [-0.1, -0.05) is 189 Å². The van der Waals surface area contributed by atoms with Crippen molar-refractivity contribution in [2.45, 2.75) is 231 Å². The second kappa shape index (κ2) is 48.4. The van der Waals surface area contributed by atoms with E-state index < -0.39 is 57.6 Å². The highest BCUT2D eigenvalue weighted by Crippen LogP contribution is 2.43. The predicted molar refractivity (Wildman–Crippen MR) is 272 cm³/mol. The minimum absolute atomic E-state index is 0.137. The Labute approximate surface area is 401 Å². The molecular formula is C54H94NO10P. The summed E-state index contributed by atoms with van der Waals surface area (Å²) in [6.45, 7) is 2.54. The van der Waals surface area contributed by atoms with Crippen molar-refractivity contribution in [2.75, 3.05) is 19.8 Å². The van der Waals surface area contributed by atoms with Crippen molar-refractivity contribution >= 4 is 25.7 Å². The topological polar surface area (TPSA) is 169 Å². The molecular weight excluding hydrogens is 854 g/mol. The van der Waals surface area contributed by atoms with Gasteiger partial charge in [-0.05, 0) is 89.9 Å². The van der Waals surface area contributed by atoms with Crippen molar-refractivity contribution in [3.8, 4) is 0 Å². The molecule has 66 heavy (non-hydrogen) atoms. The molecule has 0 aliphatic rings. The summed E-state index contributed by atoms with van der Waals surface area (Å²) in [6.07, 6.45) is 59.1. The number of phosphoric acid groups is 1. The third kappa shape index (κ3) is 47.4. The van der Waals surface area contributed by atoms with Crippen LogP contribution in [-0.4, -0.2) is 64.9 Å². The lowest BCUT2D eigenvalue weighted by Gasteiger charge is -2.18. The van der Waals surface area contributed by atoms with Crippen molar-refractivity contribution in [3.63, 3.8) is 0 Å². The first-order valence-electron chi connectivity index (χ1n) is 26.0. The number of phosphoric ester groups is 1. The van der Waals surface area contributed by atoms with E-state index in [1.54, 1.807) is 0 Å². The molecule has 0 aliphatic carbocycles. The SMILES string of the molecule is CCCCC/C=C\C/C=C\C/C=C\C/C=C\CCCCCCCCCC(=O)OCC(O)COP(=O)(O)OCC(NC(=O)CCCCCCCCCCC/C=C\C/C=C\CCCCC)C(=O)O. The van der Waals surface area contributed by atoms with E-state index in [2.05, 4.69) is 92.1 Å². The molecule has 0 spiro atoms. The molecule has 12 heteroatoms. The maximum absolute atomic E-state index is 12.4. The van der Waals surface area contributed by atoms with Gasteiger partial charge in [0.25, 0.3) is 0 Å². The number of carbonyl (C=O) groups is 3. The number of ether oxygens (including phenoxy) is 1. The first-order chi connectivity index (χ1) is 32.1. The number of carboxylic acid groups (broad SMARTS) is 1. The number of amides is 1. The van der Waals surface area contributed by atoms with Crippen LogP contribution in [0.2, 0.25) is 0 Å². The summed E-state index contributed by atoms with van der Waals surface area (Å²) in [5.41, 5.74) is 0. The van der Waals surface area contributed by atoms with Crippen LogP contribution in [0.3, 0.4) is 0 Å². The van der Waals surface area contributed by atoms with E-state index >= 15 is 0 Å². The largest absolute Gasteiger partial charge is 0.480 e. The van der Waals surface area contributed by atoms with E-state index in [0.717, 1.165) is 89.9 Å². The molecule has 0 fully saturated rings. The summed E-state index contributed by atoms with van der Waals surface area (Å²) >= 11 is 0. The van der Waals surface area contributed by atoms with E-state index in [1.807, 2.05) is 0 Å². The zero-order valence-electron chi connectivity index (χ0n) is 41.5. The highest BCUT2D eigenvalue weighted by atomic mass is 31.2. The summed E-state index contributed by atoms with van der Waals surface area (Å²) in [5.74, 6) is -2.39. The molecule has 0 aromatic rings. The van der Waals surface area contributed by atoms with E-state index in [4.69, 9.17) is 13.8 Å². The summed E-state index contributed by atoms with van der Waals surface area (Å²) in [5, 5.41) is 21.9. The Balaban J connectivity index is 3.86. The zero-order valence-corrected chi connectivity index (χ0v) is 42.4. The molecule has 0 aromatic carbocycles. The van der Waals surface area contributed by atoms with Gasteiger partial charge in [-0.15, -0.1) is 0 Å². The van der Waals surface area contributed by atoms with Gasteiger partial charge in [-0.2, -0.15) is 0 Å². The average Bonchev–Trinajstić information content (AvgIpc) is 3.29. The Morgan fingerprint density at radius 1 is 0.485 bits per heavy atom. The van der Waals surface area contributed by atoms with Crippen molar-refractivity contribution in [3.05, 3.63) is 72.9 Å². The number of unbranched alkanes of at least 4 members (excludes halogenated alkanes) is 22. The molecule has 0 saturated carbocycles. The second-order valence-corrected chi connectivity index (χ2v) is 18.8. The predicted octanol–water partition coefficient (Wildman–Crippen LogP) is 14.5. The van der Waals surface area contributed by atoms with E-state index in [9.17, 15) is 34.1 Å². The Bertz CT molecular complexity index is 1390. The van der Waals surface area contributed by atoms with Crippen LogP contribution in [-0.2, 0) is 32.7 Å². The zero-order chi connectivity index (χ0) is 48.4. The molecule has 0 aromatic heterocycles. The number of aliphatic hydroxyl groups excluding tert-OH is 1. The Hall–Kier alpha value is -3.08. The highest BCUT2D eigenvalue weighted by molar-refractivity contribution is 7.47. The lowest BCUT2D eigenvalue weighted by molar-refractivity contribution is -0.147. The summed E-state index contributed by atoms with van der Waals surface area (Å²) in [4.78, 5) is 46.1. The minimum atomic E-state index is -4.77. The second-order valence-electron chi connectivity index (χ2n) is 17.4. The summed E-state index contributed by atoms with van der Waals surface area (Å²) in [6, 6.07) is -1.55. The number of esters is 1. The van der Waals surface area contributed by atoms with Gasteiger partial charge in [0.05, 0.1) is 13.2 Å². The van der Waals surface area contributed by atoms with Gasteiger partial charge in [-0.25, -0.2) is 9.36 Å². The molecule has 11 nitrogen and oxygen atoms in total. The number of hydrogen-bond acceptors (Lipinski definition) is 8. The number of hydrogen-bond donors (Lipinski definition) is 4. The number of aliphatic carboxylic acids is 1. The molecule has 0 bridgehead atoms. The molecule has 0 heterocycles. The van der Waals surface area contributed by atoms with Crippen LogP contribution in [0.1, 0.15) is 219 Å². The lowest BCUT2D eigenvalue weighted by Crippen LogP contribution is -2.43. The van der Waals surface area contributed by atoms with Gasteiger partial charge >= 0.3 is 19.8 Å². The Kier molecular flexibility index (Phi) is 46.1. The molecule has 1 amide bonds. The van der Waals surface area contributed by atoms with Crippen molar-refractivity contribution in [1.29, 1.82) is 0 Å². The normalized spacial score (nSPS) is 14.1. The number of allylic oxidation sites excluding steroid dienone is 12. The molecule has 0 radical (unpaired) electrons. The molecule has 0 aliphatic heterocycles. The Morgan fingerprint density at radius 2 is 0.833 bits per heavy atom. The number of nitrogens with one attached hydrogen (secondary N) is 1. The first-order valence-corrected chi connectivity index (χ1v) is 27.5. The van der Waals surface area contributed by atoms with Crippen LogP contribution in [0, 0.1) is 0 Å². The monoisotopic (exact) mass is 948 g/mol. The van der Waals surface area contributed by atoms with Gasteiger partial charge in [0.15, 0.2) is 6.04 Å². The number of carbonyl (C=O) groups excluding carboxylic acids is 2. The quantitative estimate of drug-likeness (QED) is 0.0199. The van der Waals surface area contributed by atoms with Crippen LogP contribution < -0.4 is 5.32 Å². The molecule has 0 rings (SSSR count). The lowest BCUT2D eigenvalue weighted by atomic mass is 10.1. The number of carboxylic acids is 1. The maximum Gasteiger partial charge on any atom is 0.472 e. The van der Waals surface area contributed by atoms with Crippen LogP contribution in [0.5, 0.6) is 0 Å². The Morgan fingerprint density at radius 3 is 1.24 bits per heavy atom. The van der Waals surface area contributed by atoms with Gasteiger partial charge in [-0.3, -0.25) is 18.6 Å². The molecule has 0 saturated heterocycles. The maximum atomic E-state index is 12.4. The van der Waals surface area contributed by atoms with Gasteiger partial charge in [0.2, 0.25) is 5.91 Å². The average molecular weight is 948 g/mol. The van der Waals surface area contributed by atoms with Crippen LogP contribution in [0.4, 0.5) is 0 Å². The van der Waals surface area contributed by atoms with Crippen LogP contribution in [0.25, 0.3) is 0 Å². The van der Waals surface area contributed by atoms with E-state index in [0.29, 0.717) is 12.8 Å². The van der Waals surface area contributed by atoms with Crippen molar-refractivity contribution in [1.82, 2.24) is 5.32 Å². The molecule has 3 unspecified atom stereocenters. The standard InChI is InChI=1S/C54H94NO10P/c1-3-5-7-9-11-13-15-17-19-21-23-24-25-26-28-30-32-34-36-38-40-42-44-46-53(58)63-47-50(56)48-64-66(61,62)65-49-51(54(59)60)55-52(57)45-43-41-39-37-35-33-31-29-27-22-20-18-16-14-12-10-8-6-4-2/h11-14,17-20,23-24,26,28,50-51,56H,3-10,15-16,21-22,25,27,29-49H2,1-2H3,(H,55,57)(H,59,60)(H,61,62)/b13-11-,14-12-,19-17-,20-18-,24-23-,28-26-. The fourth-order valence-electron chi connectivity index (χ4n) is 6.92. The third-order valence-corrected chi connectivity index (χ3v) is 11.9. The number of aliphatic hydroxyl groups is 1. The van der Waals surface area contributed by atoms with Crippen molar-refractivity contribution in [2.24, 2.45) is 0 Å². The van der Waals surface area contributed by atoms with Crippen molar-refractivity contribution < 1.29 is 47.8 Å². The smallest absolute Gasteiger partial charge is 0.472 e. The molecule has 4 N–H and O–H groups in total. The van der Waals surface area contributed by atoms with Gasteiger partial charge in [0.1, 0.15) is 12.7 Å². The number of rotatable bonds is 48. The van der Waals surface area contributed by atoms with Crippen LogP contribution >= 0.6 is 7.82 Å². The summed E-state index contributed by atoms with van der Waals surface area (Å²) in [7, 11) is -4.77. The third-order valence-electron chi connectivity index (χ3n) is 11.0.